The standard InChI is InChI=1S/C105H98Br2N6/c1-5-9-13-17-25-71-29-21-33-78(61-71)82-43-55-97-91(65-82)92-66-83(79-34-22-30-72(62-79)26-18-14-10-6-2)44-56-98(92)112(97)89-53-59-101-95(69-89)96-70-90(54-60-102(96)111(101)88-51-41-77(42-52-88)105-109-103(75-37-47-86(106)48-38-75)108-104(110-105)76-39-49-87(107)50-40-76)113-99-57-45-84(80-35-23-31-73(63-80)27-19-15-11-7-3)67-93(99)94-68-85(46-58-100(94)113)81-36-24-32-74(64-81)28-20-16-12-8-4/h21-24,29-70H,5-20,25-28H2,1-4H3. The molecule has 0 aliphatic rings. The lowest BCUT2D eigenvalue weighted by Crippen LogP contribution is -2.00. The van der Waals surface area contributed by atoms with Gasteiger partial charge in [-0.2, -0.15) is 0 Å². The van der Waals surface area contributed by atoms with E-state index in [9.17, 15) is 0 Å². The van der Waals surface area contributed by atoms with E-state index in [1.165, 1.54) is 213 Å². The van der Waals surface area contributed by atoms with Crippen molar-refractivity contribution in [1.82, 2.24) is 28.7 Å². The fourth-order valence-electron chi connectivity index (χ4n) is 17.2. The molecule has 0 aliphatic heterocycles. The van der Waals surface area contributed by atoms with Crippen molar-refractivity contribution in [2.24, 2.45) is 0 Å². The number of aromatic nitrogens is 6. The number of unbranched alkanes of at least 4 members (excludes halogenated alkanes) is 12. The highest BCUT2D eigenvalue weighted by molar-refractivity contribution is 9.10. The van der Waals surface area contributed by atoms with Crippen LogP contribution in [0.15, 0.2) is 288 Å². The minimum Gasteiger partial charge on any atom is -0.309 e. The molecule has 0 spiro atoms. The zero-order valence-corrected chi connectivity index (χ0v) is 68.8. The van der Waals surface area contributed by atoms with E-state index in [0.717, 1.165) is 90.2 Å². The highest BCUT2D eigenvalue weighted by atomic mass is 79.9. The maximum Gasteiger partial charge on any atom is 0.164 e. The molecule has 0 unspecified atom stereocenters. The highest BCUT2D eigenvalue weighted by Crippen LogP contribution is 2.44. The predicted molar refractivity (Wildman–Crippen MR) is 488 cm³/mol. The van der Waals surface area contributed by atoms with Crippen molar-refractivity contribution in [3.05, 3.63) is 310 Å². The molecule has 0 atom stereocenters. The molecule has 0 aliphatic carbocycles. The maximum absolute atomic E-state index is 5.19. The first-order chi connectivity index (χ1) is 55.6. The van der Waals surface area contributed by atoms with Gasteiger partial charge in [-0.25, -0.2) is 15.0 Å². The van der Waals surface area contributed by atoms with Gasteiger partial charge in [-0.1, -0.05) is 282 Å². The van der Waals surface area contributed by atoms with Crippen LogP contribution in [-0.2, 0) is 25.7 Å². The smallest absolute Gasteiger partial charge is 0.164 e. The maximum atomic E-state index is 5.19. The van der Waals surface area contributed by atoms with Crippen LogP contribution in [0.2, 0.25) is 0 Å². The van der Waals surface area contributed by atoms with Gasteiger partial charge in [-0.15, -0.1) is 0 Å². The van der Waals surface area contributed by atoms with Gasteiger partial charge in [0.05, 0.1) is 33.1 Å². The van der Waals surface area contributed by atoms with Gasteiger partial charge in [0.25, 0.3) is 0 Å². The number of fused-ring (bicyclic) bond motifs is 9. The summed E-state index contributed by atoms with van der Waals surface area (Å²) in [6, 6.07) is 106. The van der Waals surface area contributed by atoms with E-state index in [-0.39, 0.29) is 0 Å². The Morgan fingerprint density at radius 3 is 0.726 bits per heavy atom. The van der Waals surface area contributed by atoms with Crippen LogP contribution < -0.4 is 0 Å². The first kappa shape index (κ1) is 74.9. The molecule has 0 saturated heterocycles. The van der Waals surface area contributed by atoms with E-state index in [2.05, 4.69) is 328 Å². The molecule has 17 aromatic rings. The van der Waals surface area contributed by atoms with Crippen molar-refractivity contribution in [3.63, 3.8) is 0 Å². The van der Waals surface area contributed by atoms with Crippen molar-refractivity contribution in [2.75, 3.05) is 0 Å². The zero-order valence-electron chi connectivity index (χ0n) is 65.6. The third-order valence-corrected chi connectivity index (χ3v) is 24.4. The molecule has 562 valence electrons. The highest BCUT2D eigenvalue weighted by Gasteiger charge is 2.23. The van der Waals surface area contributed by atoms with Gasteiger partial charge in [-0.05, 0) is 252 Å². The number of rotatable bonds is 30. The molecular formula is C105H98Br2N6. The van der Waals surface area contributed by atoms with Crippen LogP contribution in [0, 0.1) is 0 Å². The topological polar surface area (TPSA) is 53.5 Å². The average Bonchev–Trinajstić information content (AvgIpc) is 1.57. The Bertz CT molecular complexity index is 5690. The molecule has 0 fully saturated rings. The lowest BCUT2D eigenvalue weighted by atomic mass is 9.97. The number of hydrogen-bond donors (Lipinski definition) is 0. The van der Waals surface area contributed by atoms with Crippen LogP contribution in [-0.4, -0.2) is 28.7 Å². The molecule has 0 N–H and O–H groups in total. The van der Waals surface area contributed by atoms with Crippen molar-refractivity contribution in [1.29, 1.82) is 0 Å². The summed E-state index contributed by atoms with van der Waals surface area (Å²) >= 11 is 7.30. The van der Waals surface area contributed by atoms with E-state index < -0.39 is 0 Å². The van der Waals surface area contributed by atoms with Gasteiger partial charge < -0.3 is 13.7 Å². The summed E-state index contributed by atoms with van der Waals surface area (Å²) in [5.74, 6) is 1.82. The molecular weight excluding hydrogens is 1510 g/mol. The fourth-order valence-corrected chi connectivity index (χ4v) is 17.8. The number of hydrogen-bond acceptors (Lipinski definition) is 3. The summed E-state index contributed by atoms with van der Waals surface area (Å²) in [5, 5.41) is 7.26. The average molecular weight is 1600 g/mol. The Balaban J connectivity index is 0.849. The van der Waals surface area contributed by atoms with Gasteiger partial charge in [0.1, 0.15) is 0 Å². The van der Waals surface area contributed by atoms with Gasteiger partial charge in [-0.3, -0.25) is 0 Å². The van der Waals surface area contributed by atoms with Crippen LogP contribution in [0.25, 0.3) is 161 Å². The van der Waals surface area contributed by atoms with Crippen molar-refractivity contribution in [2.45, 2.75) is 156 Å². The number of nitrogens with zero attached hydrogens (tertiary/aromatic N) is 6. The largest absolute Gasteiger partial charge is 0.309 e. The molecule has 0 saturated carbocycles. The lowest BCUT2D eigenvalue weighted by molar-refractivity contribution is 0.667. The van der Waals surface area contributed by atoms with Crippen molar-refractivity contribution >= 4 is 97.3 Å². The molecule has 4 heterocycles. The van der Waals surface area contributed by atoms with Crippen molar-refractivity contribution < 1.29 is 0 Å². The Hall–Kier alpha value is -10.8. The summed E-state index contributed by atoms with van der Waals surface area (Å²) in [5.41, 5.74) is 28.4. The van der Waals surface area contributed by atoms with Gasteiger partial charge in [0, 0.05) is 75.0 Å². The predicted octanol–water partition coefficient (Wildman–Crippen LogP) is 30.8. The third kappa shape index (κ3) is 16.0. The second-order valence-electron chi connectivity index (χ2n) is 31.2. The first-order valence-corrected chi connectivity index (χ1v) is 43.2. The summed E-state index contributed by atoms with van der Waals surface area (Å²) in [4.78, 5) is 15.4. The molecule has 113 heavy (non-hydrogen) atoms. The van der Waals surface area contributed by atoms with E-state index in [1.807, 2.05) is 24.3 Å². The number of aryl methyl sites for hydroxylation is 4. The Kier molecular flexibility index (Phi) is 22.7. The van der Waals surface area contributed by atoms with E-state index in [4.69, 9.17) is 15.0 Å². The van der Waals surface area contributed by atoms with Crippen LogP contribution in [0.5, 0.6) is 0 Å². The van der Waals surface area contributed by atoms with E-state index in [0.29, 0.717) is 17.5 Å². The fraction of sp³-hybridized carbons (Fsp3) is 0.229. The van der Waals surface area contributed by atoms with E-state index in [1.54, 1.807) is 0 Å². The molecule has 0 amide bonds. The van der Waals surface area contributed by atoms with E-state index >= 15 is 0 Å². The molecule has 0 radical (unpaired) electrons. The molecule has 17 rings (SSSR count). The minimum absolute atomic E-state index is 0.602. The third-order valence-electron chi connectivity index (χ3n) is 23.3. The van der Waals surface area contributed by atoms with Crippen molar-refractivity contribution in [3.8, 4) is 95.7 Å². The summed E-state index contributed by atoms with van der Waals surface area (Å²) in [6.07, 6.45) is 24.3. The zero-order chi connectivity index (χ0) is 76.7. The van der Waals surface area contributed by atoms with Crippen LogP contribution in [0.3, 0.4) is 0 Å². The normalized spacial score (nSPS) is 11.8. The molecule has 6 nitrogen and oxygen atoms in total. The molecule has 0 bridgehead atoms. The van der Waals surface area contributed by atoms with Gasteiger partial charge >= 0.3 is 0 Å². The second-order valence-corrected chi connectivity index (χ2v) is 33.1. The molecule has 13 aromatic carbocycles. The first-order valence-electron chi connectivity index (χ1n) is 41.7. The Labute approximate surface area is 683 Å². The number of halogens is 2. The summed E-state index contributed by atoms with van der Waals surface area (Å²) in [7, 11) is 0. The van der Waals surface area contributed by atoms with Crippen LogP contribution >= 0.6 is 31.9 Å². The Morgan fingerprint density at radius 2 is 0.442 bits per heavy atom. The lowest BCUT2D eigenvalue weighted by Gasteiger charge is -2.12. The number of benzene rings is 13. The van der Waals surface area contributed by atoms with Crippen LogP contribution in [0.1, 0.15) is 153 Å². The quantitative estimate of drug-likeness (QED) is 0.0422. The monoisotopic (exact) mass is 1600 g/mol. The summed E-state index contributed by atoms with van der Waals surface area (Å²) < 4.78 is 9.49. The Morgan fingerprint density at radius 1 is 0.212 bits per heavy atom. The van der Waals surface area contributed by atoms with Crippen LogP contribution in [0.4, 0.5) is 0 Å². The SMILES string of the molecule is CCCCCCc1cccc(-c2ccc3c(c2)c2cc(-c4cccc(CCCCCC)c4)ccc2n3-c2ccc3c(c2)c2cc(-n4c5ccc(-c6cccc(CCCCCC)c6)cc5c5cc(-c6cccc(CCCCCC)c6)ccc54)ccc2n3-c2ccc(-c3nc(-c4ccc(Br)cc4)nc(-c4ccc(Br)cc4)n3)cc2)c1. The van der Waals surface area contributed by atoms with Gasteiger partial charge in [0.2, 0.25) is 0 Å². The molecule has 8 heteroatoms. The summed E-state index contributed by atoms with van der Waals surface area (Å²) in [6.45, 7) is 9.17. The second kappa shape index (κ2) is 34.3. The minimum atomic E-state index is 0.602. The molecule has 4 aromatic heterocycles. The van der Waals surface area contributed by atoms with Gasteiger partial charge in [0.15, 0.2) is 17.5 Å².